The maximum atomic E-state index is 3.92. The number of nitrogens with zero attached hydrogens (tertiary/aromatic N) is 3. The summed E-state index contributed by atoms with van der Waals surface area (Å²) in [6, 6.07) is 0.628. The van der Waals surface area contributed by atoms with E-state index >= 15 is 0 Å². The minimum Gasteiger partial charge on any atom is -0.305 e. The summed E-state index contributed by atoms with van der Waals surface area (Å²) in [5.41, 5.74) is 0. The van der Waals surface area contributed by atoms with Crippen LogP contribution in [0.25, 0.3) is 0 Å². The van der Waals surface area contributed by atoms with Crippen LogP contribution in [0.2, 0.25) is 0 Å². The second-order valence-electron chi connectivity index (χ2n) is 3.30. The molecule has 2 rings (SSSR count). The van der Waals surface area contributed by atoms with Gasteiger partial charge in [-0.05, 0) is 28.8 Å². The highest BCUT2D eigenvalue weighted by Crippen LogP contribution is 2.29. The zero-order chi connectivity index (χ0) is 8.39. The first-order chi connectivity index (χ1) is 5.88. The third-order valence-corrected chi connectivity index (χ3v) is 3.07. The second kappa shape index (κ2) is 3.56. The summed E-state index contributed by atoms with van der Waals surface area (Å²) in [6.45, 7) is 0. The number of hydrogen-bond donors (Lipinski definition) is 0. The van der Waals surface area contributed by atoms with Crippen molar-refractivity contribution >= 4 is 15.9 Å². The molecule has 1 aliphatic carbocycles. The molecule has 1 aromatic heterocycles. The van der Waals surface area contributed by atoms with Gasteiger partial charge >= 0.3 is 0 Å². The highest BCUT2D eigenvalue weighted by atomic mass is 79.9. The van der Waals surface area contributed by atoms with Crippen molar-refractivity contribution in [3.05, 3.63) is 11.1 Å². The first kappa shape index (κ1) is 8.23. The topological polar surface area (TPSA) is 30.7 Å². The Morgan fingerprint density at radius 2 is 2.08 bits per heavy atom. The van der Waals surface area contributed by atoms with Crippen LogP contribution in [0.15, 0.2) is 11.1 Å². The van der Waals surface area contributed by atoms with E-state index in [9.17, 15) is 0 Å². The molecule has 3 nitrogen and oxygen atoms in total. The van der Waals surface area contributed by atoms with E-state index in [0.717, 1.165) is 4.73 Å². The number of hydrogen-bond acceptors (Lipinski definition) is 2. The Balaban J connectivity index is 2.13. The van der Waals surface area contributed by atoms with E-state index in [4.69, 9.17) is 0 Å². The van der Waals surface area contributed by atoms with Crippen LogP contribution in [-0.4, -0.2) is 14.8 Å². The smallest absolute Gasteiger partial charge is 0.200 e. The van der Waals surface area contributed by atoms with Gasteiger partial charge < -0.3 is 4.57 Å². The highest BCUT2D eigenvalue weighted by Gasteiger charge is 2.16. The van der Waals surface area contributed by atoms with Crippen LogP contribution < -0.4 is 0 Å². The molecule has 0 radical (unpaired) electrons. The molecule has 0 saturated heterocycles. The summed E-state index contributed by atoms with van der Waals surface area (Å²) in [4.78, 5) is 0. The van der Waals surface area contributed by atoms with Crippen molar-refractivity contribution in [2.75, 3.05) is 0 Å². The van der Waals surface area contributed by atoms with E-state index in [1.165, 1.54) is 32.1 Å². The van der Waals surface area contributed by atoms with Crippen molar-refractivity contribution < 1.29 is 0 Å². The fourth-order valence-electron chi connectivity index (χ4n) is 1.83. The number of halogens is 1. The molecule has 0 aromatic carbocycles. The van der Waals surface area contributed by atoms with Crippen molar-refractivity contribution in [2.24, 2.45) is 0 Å². The van der Waals surface area contributed by atoms with Crippen LogP contribution >= 0.6 is 15.9 Å². The highest BCUT2D eigenvalue weighted by molar-refractivity contribution is 9.10. The van der Waals surface area contributed by atoms with Crippen molar-refractivity contribution in [3.8, 4) is 0 Å². The lowest BCUT2D eigenvalue weighted by atomic mass is 9.95. The molecule has 0 atom stereocenters. The van der Waals surface area contributed by atoms with Gasteiger partial charge in [0.25, 0.3) is 0 Å². The lowest BCUT2D eigenvalue weighted by molar-refractivity contribution is 0.348. The first-order valence-corrected chi connectivity index (χ1v) is 5.22. The third kappa shape index (κ3) is 1.53. The van der Waals surface area contributed by atoms with Gasteiger partial charge in [-0.15, -0.1) is 10.2 Å². The van der Waals surface area contributed by atoms with Gasteiger partial charge in [0.1, 0.15) is 6.33 Å². The first-order valence-electron chi connectivity index (χ1n) is 4.43. The van der Waals surface area contributed by atoms with Gasteiger partial charge in [-0.25, -0.2) is 0 Å². The largest absolute Gasteiger partial charge is 0.305 e. The van der Waals surface area contributed by atoms with Crippen molar-refractivity contribution in [3.63, 3.8) is 0 Å². The molecule has 0 N–H and O–H groups in total. The predicted molar refractivity (Wildman–Crippen MR) is 49.8 cm³/mol. The molecule has 0 bridgehead atoms. The molecule has 0 spiro atoms. The van der Waals surface area contributed by atoms with E-state index in [-0.39, 0.29) is 0 Å². The van der Waals surface area contributed by atoms with E-state index < -0.39 is 0 Å². The standard InChI is InChI=1S/C8H12BrN3/c9-8-11-10-6-12(8)7-4-2-1-3-5-7/h6-7H,1-5H2. The summed E-state index contributed by atoms with van der Waals surface area (Å²) >= 11 is 3.39. The molecule has 1 aliphatic rings. The molecule has 0 aliphatic heterocycles. The molecule has 0 unspecified atom stereocenters. The van der Waals surface area contributed by atoms with Crippen LogP contribution in [0.3, 0.4) is 0 Å². The van der Waals surface area contributed by atoms with Crippen molar-refractivity contribution in [1.29, 1.82) is 0 Å². The van der Waals surface area contributed by atoms with Gasteiger partial charge in [0, 0.05) is 6.04 Å². The van der Waals surface area contributed by atoms with E-state index in [2.05, 4.69) is 30.7 Å². The molecular weight excluding hydrogens is 218 g/mol. The van der Waals surface area contributed by atoms with Gasteiger partial charge in [0.15, 0.2) is 4.73 Å². The predicted octanol–water partition coefficient (Wildman–Crippen LogP) is 2.55. The van der Waals surface area contributed by atoms with Gasteiger partial charge in [-0.2, -0.15) is 0 Å². The zero-order valence-electron chi connectivity index (χ0n) is 6.91. The molecule has 1 saturated carbocycles. The maximum absolute atomic E-state index is 3.92. The Labute approximate surface area is 80.3 Å². The molecule has 66 valence electrons. The van der Waals surface area contributed by atoms with E-state index in [0.29, 0.717) is 6.04 Å². The quantitative estimate of drug-likeness (QED) is 0.742. The zero-order valence-corrected chi connectivity index (χ0v) is 8.50. The minimum absolute atomic E-state index is 0.628. The number of aromatic nitrogens is 3. The molecule has 4 heteroatoms. The fraction of sp³-hybridized carbons (Fsp3) is 0.750. The van der Waals surface area contributed by atoms with Crippen molar-refractivity contribution in [1.82, 2.24) is 14.8 Å². The summed E-state index contributed by atoms with van der Waals surface area (Å²) in [5, 5.41) is 7.78. The Kier molecular flexibility index (Phi) is 2.44. The van der Waals surface area contributed by atoms with E-state index in [1.807, 2.05) is 6.33 Å². The fourth-order valence-corrected chi connectivity index (χ4v) is 2.31. The SMILES string of the molecule is Brc1nncn1C1CCCCC1. The lowest BCUT2D eigenvalue weighted by Crippen LogP contribution is -2.12. The molecule has 1 aromatic rings. The average molecular weight is 230 g/mol. The second-order valence-corrected chi connectivity index (χ2v) is 4.01. The molecule has 1 heterocycles. The summed E-state index contributed by atoms with van der Waals surface area (Å²) < 4.78 is 3.01. The van der Waals surface area contributed by atoms with Crippen LogP contribution in [-0.2, 0) is 0 Å². The molecule has 1 fully saturated rings. The van der Waals surface area contributed by atoms with E-state index in [1.54, 1.807) is 0 Å². The molecule has 12 heavy (non-hydrogen) atoms. The van der Waals surface area contributed by atoms with Gasteiger partial charge in [-0.1, -0.05) is 19.3 Å². The summed E-state index contributed by atoms with van der Waals surface area (Å²) in [7, 11) is 0. The average Bonchev–Trinajstić information content (AvgIpc) is 2.53. The lowest BCUT2D eigenvalue weighted by Gasteiger charge is -2.22. The van der Waals surface area contributed by atoms with Crippen LogP contribution in [0.4, 0.5) is 0 Å². The summed E-state index contributed by atoms with van der Waals surface area (Å²) in [6.07, 6.45) is 8.44. The monoisotopic (exact) mass is 229 g/mol. The van der Waals surface area contributed by atoms with Gasteiger partial charge in [0.05, 0.1) is 0 Å². The van der Waals surface area contributed by atoms with Crippen molar-refractivity contribution in [2.45, 2.75) is 38.1 Å². The Hall–Kier alpha value is -0.380. The van der Waals surface area contributed by atoms with Gasteiger partial charge in [0.2, 0.25) is 0 Å². The number of rotatable bonds is 1. The Bertz CT molecular complexity index is 253. The van der Waals surface area contributed by atoms with Crippen LogP contribution in [0.5, 0.6) is 0 Å². The molecular formula is C8H12BrN3. The Morgan fingerprint density at radius 1 is 1.33 bits per heavy atom. The Morgan fingerprint density at radius 3 is 2.67 bits per heavy atom. The van der Waals surface area contributed by atoms with Crippen LogP contribution in [0.1, 0.15) is 38.1 Å². The minimum atomic E-state index is 0.628. The van der Waals surface area contributed by atoms with Crippen LogP contribution in [0, 0.1) is 0 Å². The maximum Gasteiger partial charge on any atom is 0.200 e. The third-order valence-electron chi connectivity index (χ3n) is 2.50. The van der Waals surface area contributed by atoms with Gasteiger partial charge in [-0.3, -0.25) is 0 Å². The normalized spacial score (nSPS) is 19.8. The summed E-state index contributed by atoms with van der Waals surface area (Å²) in [5.74, 6) is 0. The molecule has 0 amide bonds.